The Kier molecular flexibility index (Phi) is 9.24. The summed E-state index contributed by atoms with van der Waals surface area (Å²) in [6.07, 6.45) is -3.74. The fourth-order valence-electron chi connectivity index (χ4n) is 2.69. The molecular formula is C15H30B3F3O3. The summed E-state index contributed by atoms with van der Waals surface area (Å²) in [4.78, 5) is 0. The van der Waals surface area contributed by atoms with Crippen molar-refractivity contribution in [2.75, 3.05) is 0 Å². The van der Waals surface area contributed by atoms with Crippen molar-refractivity contribution in [3.05, 3.63) is 0 Å². The van der Waals surface area contributed by atoms with Crippen LogP contribution in [0.2, 0.25) is 0 Å². The SMILES string of the molecule is CC(C)CC(F)B1OB(C(F)CC(C)C)OB(C(F)CC(C)C)O1. The van der Waals surface area contributed by atoms with Crippen LogP contribution < -0.4 is 0 Å². The van der Waals surface area contributed by atoms with Gasteiger partial charge in [0.05, 0.1) is 0 Å². The van der Waals surface area contributed by atoms with Gasteiger partial charge in [-0.15, -0.1) is 0 Å². The van der Waals surface area contributed by atoms with Crippen LogP contribution in [-0.4, -0.2) is 39.6 Å². The first-order valence-corrected chi connectivity index (χ1v) is 8.98. The van der Waals surface area contributed by atoms with E-state index in [9.17, 15) is 13.2 Å². The van der Waals surface area contributed by atoms with Crippen molar-refractivity contribution in [3.63, 3.8) is 0 Å². The van der Waals surface area contributed by atoms with E-state index in [0.717, 1.165) is 0 Å². The molecule has 0 saturated carbocycles. The Morgan fingerprint density at radius 2 is 0.750 bits per heavy atom. The van der Waals surface area contributed by atoms with Crippen LogP contribution in [0.4, 0.5) is 13.2 Å². The molecule has 0 bridgehead atoms. The molecule has 1 aliphatic heterocycles. The maximum absolute atomic E-state index is 14.4. The van der Waals surface area contributed by atoms with Crippen LogP contribution in [0.3, 0.4) is 0 Å². The largest absolute Gasteiger partial charge is 0.466 e. The molecule has 0 aliphatic carbocycles. The lowest BCUT2D eigenvalue weighted by atomic mass is 9.61. The lowest BCUT2D eigenvalue weighted by Gasteiger charge is -2.35. The second-order valence-electron chi connectivity index (χ2n) is 7.95. The molecular weight excluding hydrogens is 318 g/mol. The van der Waals surface area contributed by atoms with Crippen molar-refractivity contribution in [2.45, 2.75) is 79.0 Å². The van der Waals surface area contributed by atoms with Gasteiger partial charge in [-0.05, 0) is 37.0 Å². The molecule has 0 amide bonds. The summed E-state index contributed by atoms with van der Waals surface area (Å²) in [6.45, 7) is 11.2. The third-order valence-corrected chi connectivity index (χ3v) is 3.78. The summed E-state index contributed by atoms with van der Waals surface area (Å²) in [5, 5.41) is 0. The molecule has 0 aromatic heterocycles. The molecule has 1 rings (SSSR count). The van der Waals surface area contributed by atoms with E-state index in [1.54, 1.807) is 0 Å². The Hall–Kier alpha value is -0.135. The molecule has 9 heteroatoms. The first-order valence-electron chi connectivity index (χ1n) is 8.98. The summed E-state index contributed by atoms with van der Waals surface area (Å²) >= 11 is 0. The molecule has 0 N–H and O–H groups in total. The smallest absolute Gasteiger partial charge is 0.449 e. The molecule has 1 aliphatic rings. The molecule has 0 spiro atoms. The van der Waals surface area contributed by atoms with Crippen LogP contribution in [0.15, 0.2) is 0 Å². The Morgan fingerprint density at radius 3 is 0.917 bits per heavy atom. The first-order chi connectivity index (χ1) is 11.1. The highest BCUT2D eigenvalue weighted by Crippen LogP contribution is 2.25. The molecule has 1 fully saturated rings. The normalized spacial score (nSPS) is 20.2. The van der Waals surface area contributed by atoms with Gasteiger partial charge in [0.15, 0.2) is 0 Å². The average molecular weight is 348 g/mol. The molecule has 1 heterocycles. The van der Waals surface area contributed by atoms with Gasteiger partial charge in [0, 0.05) is 0 Å². The number of alkyl halides is 3. The van der Waals surface area contributed by atoms with Gasteiger partial charge in [-0.25, -0.2) is 0 Å². The van der Waals surface area contributed by atoms with Crippen molar-refractivity contribution >= 4 is 21.4 Å². The van der Waals surface area contributed by atoms with Gasteiger partial charge in [-0.3, -0.25) is 13.2 Å². The highest BCUT2D eigenvalue weighted by molar-refractivity contribution is 6.75. The maximum Gasteiger partial charge on any atom is 0.466 e. The van der Waals surface area contributed by atoms with Crippen molar-refractivity contribution < 1.29 is 26.9 Å². The summed E-state index contributed by atoms with van der Waals surface area (Å²) in [6, 6.07) is 0. The Balaban J connectivity index is 2.81. The van der Waals surface area contributed by atoms with Crippen molar-refractivity contribution in [3.8, 4) is 0 Å². The summed E-state index contributed by atoms with van der Waals surface area (Å²) in [5.74, 6) is 0.252. The molecule has 3 unspecified atom stereocenters. The lowest BCUT2D eigenvalue weighted by Crippen LogP contribution is -2.59. The van der Waals surface area contributed by atoms with Crippen LogP contribution in [0.25, 0.3) is 0 Å². The van der Waals surface area contributed by atoms with Crippen LogP contribution >= 0.6 is 0 Å². The van der Waals surface area contributed by atoms with Crippen molar-refractivity contribution in [1.82, 2.24) is 0 Å². The van der Waals surface area contributed by atoms with Crippen molar-refractivity contribution in [1.29, 1.82) is 0 Å². The van der Waals surface area contributed by atoms with E-state index in [2.05, 4.69) is 0 Å². The van der Waals surface area contributed by atoms with E-state index < -0.39 is 39.6 Å². The Bertz CT molecular complexity index is 306. The second kappa shape index (κ2) is 10.1. The fourth-order valence-corrected chi connectivity index (χ4v) is 2.69. The highest BCUT2D eigenvalue weighted by atomic mass is 19.1. The zero-order chi connectivity index (χ0) is 18.4. The van der Waals surface area contributed by atoms with E-state index in [4.69, 9.17) is 13.7 Å². The predicted octanol–water partition coefficient (Wildman–Crippen LogP) is 4.28. The molecule has 0 radical (unpaired) electrons. The van der Waals surface area contributed by atoms with Gasteiger partial charge in [0.25, 0.3) is 0 Å². The number of halogens is 3. The van der Waals surface area contributed by atoms with Gasteiger partial charge >= 0.3 is 21.4 Å². The quantitative estimate of drug-likeness (QED) is 0.582. The second-order valence-corrected chi connectivity index (χ2v) is 7.95. The topological polar surface area (TPSA) is 27.7 Å². The molecule has 0 aromatic carbocycles. The van der Waals surface area contributed by atoms with Crippen LogP contribution in [-0.2, 0) is 13.7 Å². The maximum atomic E-state index is 14.4. The summed E-state index contributed by atoms with van der Waals surface area (Å²) in [7, 11) is -3.90. The standard InChI is InChI=1S/C15H30B3F3O3/c1-10(2)7-13(19)16-22-17(14(20)8-11(3)4)24-18(23-16)15(21)9-12(5)6/h10-15H,7-9H2,1-6H3. The van der Waals surface area contributed by atoms with E-state index in [0.29, 0.717) is 0 Å². The average Bonchev–Trinajstić information content (AvgIpc) is 2.44. The van der Waals surface area contributed by atoms with Crippen LogP contribution in [0, 0.1) is 17.8 Å². The minimum atomic E-state index is -1.45. The van der Waals surface area contributed by atoms with Crippen molar-refractivity contribution in [2.24, 2.45) is 17.8 Å². The van der Waals surface area contributed by atoms with Gasteiger partial charge in [-0.1, -0.05) is 41.5 Å². The molecule has 0 aromatic rings. The van der Waals surface area contributed by atoms with E-state index >= 15 is 0 Å². The molecule has 24 heavy (non-hydrogen) atoms. The summed E-state index contributed by atoms with van der Waals surface area (Å²) in [5.41, 5.74) is 0. The highest BCUT2D eigenvalue weighted by Gasteiger charge is 2.51. The third kappa shape index (κ3) is 7.40. The van der Waals surface area contributed by atoms with E-state index in [1.807, 2.05) is 41.5 Å². The third-order valence-electron chi connectivity index (χ3n) is 3.78. The first kappa shape index (κ1) is 21.9. The van der Waals surface area contributed by atoms with E-state index in [1.165, 1.54) is 0 Å². The fraction of sp³-hybridized carbons (Fsp3) is 1.00. The Morgan fingerprint density at radius 1 is 0.542 bits per heavy atom. The monoisotopic (exact) mass is 348 g/mol. The van der Waals surface area contributed by atoms with Crippen LogP contribution in [0.5, 0.6) is 0 Å². The molecule has 3 atom stereocenters. The van der Waals surface area contributed by atoms with Gasteiger partial charge in [-0.2, -0.15) is 0 Å². The van der Waals surface area contributed by atoms with Gasteiger partial charge in [0.2, 0.25) is 0 Å². The minimum absolute atomic E-state index is 0.0839. The number of hydrogen-bond acceptors (Lipinski definition) is 3. The molecule has 138 valence electrons. The number of hydrogen-bond donors (Lipinski definition) is 0. The summed E-state index contributed by atoms with van der Waals surface area (Å²) < 4.78 is 59.2. The van der Waals surface area contributed by atoms with Crippen LogP contribution in [0.1, 0.15) is 60.8 Å². The predicted molar refractivity (Wildman–Crippen MR) is 93.6 cm³/mol. The van der Waals surface area contributed by atoms with Gasteiger partial charge in [0.1, 0.15) is 18.2 Å². The molecule has 3 nitrogen and oxygen atoms in total. The van der Waals surface area contributed by atoms with Gasteiger partial charge < -0.3 is 13.7 Å². The Labute approximate surface area is 145 Å². The number of rotatable bonds is 9. The molecule has 1 saturated heterocycles. The lowest BCUT2D eigenvalue weighted by molar-refractivity contribution is 0.179. The van der Waals surface area contributed by atoms with E-state index in [-0.39, 0.29) is 37.0 Å². The minimum Gasteiger partial charge on any atom is -0.449 e. The zero-order valence-electron chi connectivity index (χ0n) is 15.7. The zero-order valence-corrected chi connectivity index (χ0v) is 15.7.